The Bertz CT molecular complexity index is 596. The van der Waals surface area contributed by atoms with Gasteiger partial charge in [0.25, 0.3) is 0 Å². The van der Waals surface area contributed by atoms with Crippen molar-refractivity contribution in [3.05, 3.63) is 28.8 Å². The van der Waals surface area contributed by atoms with Gasteiger partial charge in [0, 0.05) is 18.2 Å². The van der Waals surface area contributed by atoms with Crippen molar-refractivity contribution in [2.45, 2.75) is 31.8 Å². The fourth-order valence-corrected chi connectivity index (χ4v) is 4.80. The maximum Gasteiger partial charge on any atom is 0.235 e. The first-order chi connectivity index (χ1) is 9.58. The molecular formula is C14H18ClNO3S. The van der Waals surface area contributed by atoms with E-state index in [2.05, 4.69) is 0 Å². The SMILES string of the molecule is O=S(=O)(CC[C@H]1CCCO1)N1CCc2c(Cl)cccc21. The molecular weight excluding hydrogens is 298 g/mol. The predicted molar refractivity (Wildman–Crippen MR) is 79.9 cm³/mol. The van der Waals surface area contributed by atoms with E-state index in [1.165, 1.54) is 4.31 Å². The van der Waals surface area contributed by atoms with Crippen LogP contribution in [0, 0.1) is 0 Å². The van der Waals surface area contributed by atoms with E-state index < -0.39 is 10.0 Å². The number of anilines is 1. The first kappa shape index (κ1) is 14.2. The van der Waals surface area contributed by atoms with Crippen molar-refractivity contribution < 1.29 is 13.2 Å². The number of ether oxygens (including phenoxy) is 1. The second-order valence-corrected chi connectivity index (χ2v) is 7.72. The fourth-order valence-electron chi connectivity index (χ4n) is 2.91. The zero-order valence-electron chi connectivity index (χ0n) is 11.2. The Balaban J connectivity index is 1.74. The maximum absolute atomic E-state index is 12.5. The average molecular weight is 316 g/mol. The highest BCUT2D eigenvalue weighted by Crippen LogP contribution is 2.35. The molecule has 1 fully saturated rings. The third-order valence-electron chi connectivity index (χ3n) is 3.99. The van der Waals surface area contributed by atoms with Crippen LogP contribution in [0.15, 0.2) is 18.2 Å². The molecule has 3 rings (SSSR count). The summed E-state index contributed by atoms with van der Waals surface area (Å²) in [6.45, 7) is 1.25. The average Bonchev–Trinajstić information content (AvgIpc) is 3.06. The second-order valence-electron chi connectivity index (χ2n) is 5.30. The molecule has 0 unspecified atom stereocenters. The molecule has 0 aliphatic carbocycles. The van der Waals surface area contributed by atoms with Crippen LogP contribution in [-0.4, -0.2) is 33.4 Å². The summed E-state index contributed by atoms with van der Waals surface area (Å²) in [6, 6.07) is 5.44. The third-order valence-corrected chi connectivity index (χ3v) is 6.14. The van der Waals surface area contributed by atoms with Crippen LogP contribution in [-0.2, 0) is 21.2 Å². The molecule has 0 spiro atoms. The number of fused-ring (bicyclic) bond motifs is 1. The summed E-state index contributed by atoms with van der Waals surface area (Å²) in [5.41, 5.74) is 1.68. The highest BCUT2D eigenvalue weighted by molar-refractivity contribution is 7.92. The van der Waals surface area contributed by atoms with E-state index in [1.54, 1.807) is 6.07 Å². The van der Waals surface area contributed by atoms with Crippen LogP contribution in [0.3, 0.4) is 0 Å². The van der Waals surface area contributed by atoms with E-state index in [4.69, 9.17) is 16.3 Å². The minimum atomic E-state index is -3.28. The lowest BCUT2D eigenvalue weighted by molar-refractivity contribution is 0.109. The number of hydrogen-bond donors (Lipinski definition) is 0. The first-order valence-corrected chi connectivity index (χ1v) is 8.96. The Labute approximate surface area is 124 Å². The fraction of sp³-hybridized carbons (Fsp3) is 0.571. The van der Waals surface area contributed by atoms with E-state index in [9.17, 15) is 8.42 Å². The largest absolute Gasteiger partial charge is 0.378 e. The minimum Gasteiger partial charge on any atom is -0.378 e. The normalized spacial score (nSPS) is 22.2. The van der Waals surface area contributed by atoms with Crippen LogP contribution in [0.25, 0.3) is 0 Å². The molecule has 1 aromatic rings. The molecule has 1 saturated heterocycles. The van der Waals surface area contributed by atoms with Crippen molar-refractivity contribution in [2.75, 3.05) is 23.2 Å². The van der Waals surface area contributed by atoms with Crippen LogP contribution >= 0.6 is 11.6 Å². The number of halogens is 1. The van der Waals surface area contributed by atoms with E-state index in [0.29, 0.717) is 24.4 Å². The Morgan fingerprint density at radius 1 is 1.40 bits per heavy atom. The zero-order valence-corrected chi connectivity index (χ0v) is 12.8. The molecule has 1 atom stereocenters. The summed E-state index contributed by atoms with van der Waals surface area (Å²) < 4.78 is 32.0. The van der Waals surface area contributed by atoms with Gasteiger partial charge in [-0.15, -0.1) is 0 Å². The van der Waals surface area contributed by atoms with Crippen LogP contribution < -0.4 is 4.31 Å². The van der Waals surface area contributed by atoms with Gasteiger partial charge < -0.3 is 4.74 Å². The van der Waals surface area contributed by atoms with E-state index in [1.807, 2.05) is 12.1 Å². The van der Waals surface area contributed by atoms with Crippen molar-refractivity contribution in [1.82, 2.24) is 0 Å². The van der Waals surface area contributed by atoms with E-state index >= 15 is 0 Å². The summed E-state index contributed by atoms with van der Waals surface area (Å²) >= 11 is 6.12. The lowest BCUT2D eigenvalue weighted by Gasteiger charge is -2.20. The molecule has 0 bridgehead atoms. The van der Waals surface area contributed by atoms with E-state index in [-0.39, 0.29) is 11.9 Å². The van der Waals surface area contributed by atoms with Gasteiger partial charge in [-0.2, -0.15) is 0 Å². The van der Waals surface area contributed by atoms with Gasteiger partial charge in [-0.1, -0.05) is 17.7 Å². The van der Waals surface area contributed by atoms with Crippen LogP contribution in [0.2, 0.25) is 5.02 Å². The monoisotopic (exact) mass is 315 g/mol. The summed E-state index contributed by atoms with van der Waals surface area (Å²) in [6.07, 6.45) is 3.37. The highest BCUT2D eigenvalue weighted by atomic mass is 35.5. The molecule has 0 radical (unpaired) electrons. The van der Waals surface area contributed by atoms with Gasteiger partial charge in [0.2, 0.25) is 10.0 Å². The Morgan fingerprint density at radius 2 is 2.25 bits per heavy atom. The van der Waals surface area contributed by atoms with Crippen molar-refractivity contribution in [1.29, 1.82) is 0 Å². The van der Waals surface area contributed by atoms with Gasteiger partial charge in [0.05, 0.1) is 17.5 Å². The summed E-state index contributed by atoms with van der Waals surface area (Å²) in [5.74, 6) is 0.142. The number of benzene rings is 1. The Kier molecular flexibility index (Phi) is 3.93. The number of nitrogens with zero attached hydrogens (tertiary/aromatic N) is 1. The summed E-state index contributed by atoms with van der Waals surface area (Å²) in [5, 5.41) is 0.652. The molecule has 0 saturated carbocycles. The lowest BCUT2D eigenvalue weighted by Crippen LogP contribution is -2.32. The number of rotatable bonds is 4. The van der Waals surface area contributed by atoms with Crippen molar-refractivity contribution in [3.8, 4) is 0 Å². The molecule has 0 aromatic heterocycles. The third kappa shape index (κ3) is 2.67. The number of hydrogen-bond acceptors (Lipinski definition) is 3. The first-order valence-electron chi connectivity index (χ1n) is 6.97. The molecule has 0 N–H and O–H groups in total. The smallest absolute Gasteiger partial charge is 0.235 e. The molecule has 110 valence electrons. The second kappa shape index (κ2) is 5.54. The summed E-state index contributed by atoms with van der Waals surface area (Å²) in [4.78, 5) is 0. The molecule has 2 heterocycles. The zero-order chi connectivity index (χ0) is 14.2. The molecule has 6 heteroatoms. The number of sulfonamides is 1. The Morgan fingerprint density at radius 3 is 3.00 bits per heavy atom. The standard InChI is InChI=1S/C14H18ClNO3S/c15-13-4-1-5-14-12(13)6-8-16(14)20(17,18)10-7-11-3-2-9-19-11/h1,4-5,11H,2-3,6-10H2/t11-/m1/s1. The van der Waals surface area contributed by atoms with Crippen LogP contribution in [0.1, 0.15) is 24.8 Å². The van der Waals surface area contributed by atoms with Crippen LogP contribution in [0.5, 0.6) is 0 Å². The molecule has 20 heavy (non-hydrogen) atoms. The van der Waals surface area contributed by atoms with Gasteiger partial charge in [0.1, 0.15) is 0 Å². The van der Waals surface area contributed by atoms with Gasteiger partial charge in [-0.05, 0) is 43.4 Å². The van der Waals surface area contributed by atoms with Crippen molar-refractivity contribution >= 4 is 27.3 Å². The molecule has 4 nitrogen and oxygen atoms in total. The van der Waals surface area contributed by atoms with Gasteiger partial charge in [-0.3, -0.25) is 4.31 Å². The van der Waals surface area contributed by atoms with Gasteiger partial charge >= 0.3 is 0 Å². The highest BCUT2D eigenvalue weighted by Gasteiger charge is 2.31. The molecule has 2 aliphatic rings. The van der Waals surface area contributed by atoms with Crippen LogP contribution in [0.4, 0.5) is 5.69 Å². The molecule has 1 aromatic carbocycles. The van der Waals surface area contributed by atoms with Crippen molar-refractivity contribution in [2.24, 2.45) is 0 Å². The molecule has 0 amide bonds. The minimum absolute atomic E-state index is 0.103. The maximum atomic E-state index is 12.5. The van der Waals surface area contributed by atoms with Crippen molar-refractivity contribution in [3.63, 3.8) is 0 Å². The Hall–Kier alpha value is -0.780. The quantitative estimate of drug-likeness (QED) is 0.858. The molecule has 2 aliphatic heterocycles. The summed E-state index contributed by atoms with van der Waals surface area (Å²) in [7, 11) is -3.28. The van der Waals surface area contributed by atoms with Gasteiger partial charge in [0.15, 0.2) is 0 Å². The van der Waals surface area contributed by atoms with Gasteiger partial charge in [-0.25, -0.2) is 8.42 Å². The topological polar surface area (TPSA) is 46.6 Å². The lowest BCUT2D eigenvalue weighted by atomic mass is 10.2. The predicted octanol–water partition coefficient (Wildman–Crippen LogP) is 2.60. The van der Waals surface area contributed by atoms with E-state index in [0.717, 1.165) is 30.7 Å².